The van der Waals surface area contributed by atoms with Crippen LogP contribution in [0.15, 0.2) is 52.9 Å². The quantitative estimate of drug-likeness (QED) is 0.480. The third kappa shape index (κ3) is 6.28. The zero-order valence-electron chi connectivity index (χ0n) is 22.1. The number of anilines is 2. The molecule has 2 heterocycles. The second-order valence-electron chi connectivity index (χ2n) is 9.70. The highest BCUT2D eigenvalue weighted by atomic mass is 32.2. The molecule has 1 aliphatic rings. The number of amides is 1. The molecule has 0 radical (unpaired) electrons. The van der Waals surface area contributed by atoms with Crippen LogP contribution in [0.25, 0.3) is 0 Å². The summed E-state index contributed by atoms with van der Waals surface area (Å²) in [6, 6.07) is 15.0. The van der Waals surface area contributed by atoms with Crippen molar-refractivity contribution >= 4 is 27.1 Å². The van der Waals surface area contributed by atoms with Crippen molar-refractivity contribution in [1.82, 2.24) is 5.32 Å². The smallest absolute Gasteiger partial charge is 0.225 e. The molecule has 1 unspecified atom stereocenters. The van der Waals surface area contributed by atoms with Gasteiger partial charge in [-0.05, 0) is 49.2 Å². The van der Waals surface area contributed by atoms with Crippen LogP contribution in [0.2, 0.25) is 0 Å². The molecule has 0 saturated carbocycles. The summed E-state index contributed by atoms with van der Waals surface area (Å²) < 4.78 is 34.9. The summed E-state index contributed by atoms with van der Waals surface area (Å²) in [6.45, 7) is 4.85. The van der Waals surface area contributed by atoms with Gasteiger partial charge in [-0.15, -0.1) is 0 Å². The Labute approximate surface area is 219 Å². The van der Waals surface area contributed by atoms with Crippen LogP contribution in [0.5, 0.6) is 5.75 Å². The molecule has 1 N–H and O–H groups in total. The van der Waals surface area contributed by atoms with E-state index in [-0.39, 0.29) is 23.8 Å². The highest BCUT2D eigenvalue weighted by Gasteiger charge is 2.25. The van der Waals surface area contributed by atoms with E-state index < -0.39 is 15.9 Å². The summed E-state index contributed by atoms with van der Waals surface area (Å²) in [5, 5.41) is 3.17. The molecule has 1 amide bonds. The molecule has 4 rings (SSSR count). The summed E-state index contributed by atoms with van der Waals surface area (Å²) in [5.41, 5.74) is 4.74. The number of sulfone groups is 1. The van der Waals surface area contributed by atoms with E-state index in [4.69, 9.17) is 9.15 Å². The number of carbonyl (C=O) groups is 1. The molecule has 198 valence electrons. The summed E-state index contributed by atoms with van der Waals surface area (Å²) in [4.78, 5) is 17.4. The summed E-state index contributed by atoms with van der Waals surface area (Å²) in [5.74, 6) is 2.37. The standard InChI is InChI=1S/C28H35N3O5S/c1-19-16-21(7-10-24(19)31-12-14-37(33,34)15-13-31)17-27(32)29-28(26-11-6-20(2)36-26)23-9-8-22(35-5)18-25(23)30(3)4/h6-11,16,18,28H,12-15,17H2,1-5H3,(H,29,32). The van der Waals surface area contributed by atoms with E-state index in [1.165, 1.54) is 0 Å². The zero-order valence-corrected chi connectivity index (χ0v) is 22.9. The Hall–Kier alpha value is -3.46. The van der Waals surface area contributed by atoms with Gasteiger partial charge < -0.3 is 24.3 Å². The third-order valence-corrected chi connectivity index (χ3v) is 8.30. The first-order valence-corrected chi connectivity index (χ1v) is 14.1. The SMILES string of the molecule is COc1ccc(C(NC(=O)Cc2ccc(N3CCS(=O)(=O)CC3)c(C)c2)c2ccc(C)o2)c(N(C)C)c1. The number of benzene rings is 2. The summed E-state index contributed by atoms with van der Waals surface area (Å²) in [7, 11) is 2.59. The number of nitrogens with zero attached hydrogens (tertiary/aromatic N) is 2. The highest BCUT2D eigenvalue weighted by Crippen LogP contribution is 2.34. The lowest BCUT2D eigenvalue weighted by Crippen LogP contribution is -2.40. The predicted octanol–water partition coefficient (Wildman–Crippen LogP) is 3.65. The molecule has 0 bridgehead atoms. The highest BCUT2D eigenvalue weighted by molar-refractivity contribution is 7.91. The Balaban J connectivity index is 1.55. The van der Waals surface area contributed by atoms with Crippen molar-refractivity contribution in [3.8, 4) is 5.75 Å². The number of carbonyl (C=O) groups excluding carboxylic acids is 1. The Morgan fingerprint density at radius 1 is 1.08 bits per heavy atom. The molecule has 1 aliphatic heterocycles. The van der Waals surface area contributed by atoms with E-state index in [9.17, 15) is 13.2 Å². The van der Waals surface area contributed by atoms with Gasteiger partial charge in [0, 0.05) is 50.2 Å². The van der Waals surface area contributed by atoms with Crippen molar-refractivity contribution in [3.05, 3.63) is 76.7 Å². The number of rotatable bonds is 8. The first-order chi connectivity index (χ1) is 17.6. The van der Waals surface area contributed by atoms with E-state index >= 15 is 0 Å². The maximum absolute atomic E-state index is 13.3. The number of nitrogens with one attached hydrogen (secondary N) is 1. The van der Waals surface area contributed by atoms with Crippen molar-refractivity contribution in [2.24, 2.45) is 0 Å². The molecular formula is C28H35N3O5S. The van der Waals surface area contributed by atoms with Gasteiger partial charge in [-0.3, -0.25) is 4.79 Å². The van der Waals surface area contributed by atoms with Crippen LogP contribution in [0.3, 0.4) is 0 Å². The average molecular weight is 526 g/mol. The number of aryl methyl sites for hydroxylation is 2. The first-order valence-electron chi connectivity index (χ1n) is 12.3. The molecule has 0 aliphatic carbocycles. The molecular weight excluding hydrogens is 490 g/mol. The lowest BCUT2D eigenvalue weighted by Gasteiger charge is -2.30. The largest absolute Gasteiger partial charge is 0.497 e. The molecule has 1 atom stereocenters. The number of methoxy groups -OCH3 is 1. The van der Waals surface area contributed by atoms with Gasteiger partial charge in [-0.25, -0.2) is 8.42 Å². The van der Waals surface area contributed by atoms with E-state index in [2.05, 4.69) is 10.2 Å². The fraction of sp³-hybridized carbons (Fsp3) is 0.393. The second kappa shape index (κ2) is 10.9. The van der Waals surface area contributed by atoms with Gasteiger partial charge in [0.25, 0.3) is 0 Å². The topological polar surface area (TPSA) is 92.1 Å². The van der Waals surface area contributed by atoms with E-state index in [0.29, 0.717) is 18.8 Å². The molecule has 8 nitrogen and oxygen atoms in total. The number of hydrogen-bond acceptors (Lipinski definition) is 7. The summed E-state index contributed by atoms with van der Waals surface area (Å²) >= 11 is 0. The molecule has 1 saturated heterocycles. The maximum atomic E-state index is 13.3. The van der Waals surface area contributed by atoms with Crippen molar-refractivity contribution in [2.45, 2.75) is 26.3 Å². The number of ether oxygens (including phenoxy) is 1. The minimum absolute atomic E-state index is 0.129. The normalized spacial score (nSPS) is 15.8. The van der Waals surface area contributed by atoms with E-state index in [1.807, 2.05) is 81.4 Å². The first kappa shape index (κ1) is 26.6. The van der Waals surface area contributed by atoms with Crippen LogP contribution in [0.1, 0.15) is 34.3 Å². The van der Waals surface area contributed by atoms with Crippen LogP contribution in [-0.2, 0) is 21.1 Å². The number of hydrogen-bond donors (Lipinski definition) is 1. The van der Waals surface area contributed by atoms with Crippen LogP contribution >= 0.6 is 0 Å². The fourth-order valence-electron chi connectivity index (χ4n) is 4.73. The molecule has 37 heavy (non-hydrogen) atoms. The molecule has 3 aromatic rings. The van der Waals surface area contributed by atoms with Gasteiger partial charge >= 0.3 is 0 Å². The van der Waals surface area contributed by atoms with Crippen LogP contribution in [0.4, 0.5) is 11.4 Å². The third-order valence-electron chi connectivity index (χ3n) is 6.69. The lowest BCUT2D eigenvalue weighted by molar-refractivity contribution is -0.121. The van der Waals surface area contributed by atoms with Gasteiger partial charge in [0.1, 0.15) is 23.3 Å². The van der Waals surface area contributed by atoms with E-state index in [0.717, 1.165) is 39.6 Å². The molecule has 2 aromatic carbocycles. The summed E-state index contributed by atoms with van der Waals surface area (Å²) in [6.07, 6.45) is 0.207. The molecule has 9 heteroatoms. The van der Waals surface area contributed by atoms with Crippen molar-refractivity contribution < 1.29 is 22.4 Å². The Morgan fingerprint density at radius 3 is 2.41 bits per heavy atom. The fourth-order valence-corrected chi connectivity index (χ4v) is 5.93. The molecule has 1 fully saturated rings. The molecule has 0 spiro atoms. The molecule has 1 aromatic heterocycles. The maximum Gasteiger partial charge on any atom is 0.225 e. The lowest BCUT2D eigenvalue weighted by atomic mass is 10.00. The van der Waals surface area contributed by atoms with Gasteiger partial charge in [-0.1, -0.05) is 18.2 Å². The average Bonchev–Trinajstić information content (AvgIpc) is 3.28. The minimum Gasteiger partial charge on any atom is -0.497 e. The van der Waals surface area contributed by atoms with Crippen molar-refractivity contribution in [2.75, 3.05) is 55.6 Å². The van der Waals surface area contributed by atoms with Crippen LogP contribution < -0.4 is 19.9 Å². The Bertz CT molecular complexity index is 1370. The van der Waals surface area contributed by atoms with Gasteiger partial charge in [0.2, 0.25) is 5.91 Å². The monoisotopic (exact) mass is 525 g/mol. The van der Waals surface area contributed by atoms with Gasteiger partial charge in [0.05, 0.1) is 25.0 Å². The minimum atomic E-state index is -2.94. The van der Waals surface area contributed by atoms with Crippen molar-refractivity contribution in [3.63, 3.8) is 0 Å². The van der Waals surface area contributed by atoms with Crippen molar-refractivity contribution in [1.29, 1.82) is 0 Å². The second-order valence-corrected chi connectivity index (χ2v) is 12.0. The van der Waals surface area contributed by atoms with Gasteiger partial charge in [-0.2, -0.15) is 0 Å². The van der Waals surface area contributed by atoms with Gasteiger partial charge in [0.15, 0.2) is 9.84 Å². The Kier molecular flexibility index (Phi) is 7.82. The predicted molar refractivity (Wildman–Crippen MR) is 147 cm³/mol. The van der Waals surface area contributed by atoms with Crippen LogP contribution in [-0.4, -0.2) is 60.1 Å². The zero-order chi connectivity index (χ0) is 26.7. The van der Waals surface area contributed by atoms with Crippen LogP contribution in [0, 0.1) is 13.8 Å². The van der Waals surface area contributed by atoms with E-state index in [1.54, 1.807) is 7.11 Å². The number of furan rings is 1. The Morgan fingerprint density at radius 2 is 1.81 bits per heavy atom.